The molecule has 0 radical (unpaired) electrons. The third kappa shape index (κ3) is 4.13. The van der Waals surface area contributed by atoms with E-state index in [9.17, 15) is 4.79 Å². The van der Waals surface area contributed by atoms with Crippen LogP contribution < -0.4 is 0 Å². The van der Waals surface area contributed by atoms with Crippen LogP contribution in [0.3, 0.4) is 0 Å². The second-order valence-electron chi connectivity index (χ2n) is 4.87. The van der Waals surface area contributed by atoms with Gasteiger partial charge in [0.25, 0.3) is 0 Å². The van der Waals surface area contributed by atoms with E-state index in [2.05, 4.69) is 0 Å². The molecule has 1 atom stereocenters. The van der Waals surface area contributed by atoms with Crippen LogP contribution in [0.4, 0.5) is 0 Å². The molecule has 0 aliphatic carbocycles. The first kappa shape index (κ1) is 16.1. The molecule has 0 N–H and O–H groups in total. The Morgan fingerprint density at radius 1 is 0.909 bits per heavy atom. The van der Waals surface area contributed by atoms with Crippen LogP contribution in [-0.2, 0) is 14.3 Å². The predicted molar refractivity (Wildman–Crippen MR) is 87.5 cm³/mol. The quantitative estimate of drug-likeness (QED) is 0.577. The summed E-state index contributed by atoms with van der Waals surface area (Å²) in [5.74, 6) is -0.542. The van der Waals surface area contributed by atoms with Gasteiger partial charge in [-0.3, -0.25) is 4.79 Å². The van der Waals surface area contributed by atoms with Gasteiger partial charge in [-0.2, -0.15) is 0 Å². The summed E-state index contributed by atoms with van der Waals surface area (Å²) in [6.07, 6.45) is 2.77. The molecule has 0 saturated heterocycles. The standard InChI is InChI=1S/C19H20O3/c1-21-19(22-2)18(16-11-7-4-8-12-16)17(20)14-13-15-9-5-3-6-10-15/h3-14,18-19H,1-2H3/b14-13+. The van der Waals surface area contributed by atoms with Crippen LogP contribution in [0.2, 0.25) is 0 Å². The monoisotopic (exact) mass is 296 g/mol. The molecule has 0 fully saturated rings. The van der Waals surface area contributed by atoms with E-state index in [1.807, 2.05) is 60.7 Å². The van der Waals surface area contributed by atoms with Crippen LogP contribution >= 0.6 is 0 Å². The highest BCUT2D eigenvalue weighted by Crippen LogP contribution is 2.24. The SMILES string of the molecule is COC(OC)C(C(=O)/C=C/c1ccccc1)c1ccccc1. The summed E-state index contributed by atoms with van der Waals surface area (Å²) in [6, 6.07) is 19.2. The van der Waals surface area contributed by atoms with E-state index in [1.165, 1.54) is 14.2 Å². The van der Waals surface area contributed by atoms with Gasteiger partial charge in [0.15, 0.2) is 12.1 Å². The third-order valence-corrected chi connectivity index (χ3v) is 3.44. The summed E-state index contributed by atoms with van der Waals surface area (Å²) >= 11 is 0. The van der Waals surface area contributed by atoms with Crippen molar-refractivity contribution in [3.05, 3.63) is 77.9 Å². The predicted octanol–water partition coefficient (Wildman–Crippen LogP) is 3.67. The molecule has 3 nitrogen and oxygen atoms in total. The molecule has 114 valence electrons. The molecule has 0 bridgehead atoms. The van der Waals surface area contributed by atoms with Gasteiger partial charge in [-0.05, 0) is 17.2 Å². The summed E-state index contributed by atoms with van der Waals surface area (Å²) in [4.78, 5) is 12.6. The lowest BCUT2D eigenvalue weighted by Crippen LogP contribution is -2.28. The molecule has 0 heterocycles. The molecule has 0 saturated carbocycles. The van der Waals surface area contributed by atoms with Gasteiger partial charge in [0.2, 0.25) is 0 Å². The molecule has 2 rings (SSSR count). The Kier molecular flexibility index (Phi) is 6.07. The lowest BCUT2D eigenvalue weighted by Gasteiger charge is -2.23. The molecule has 2 aromatic carbocycles. The number of benzene rings is 2. The molecule has 2 aromatic rings. The first-order valence-electron chi connectivity index (χ1n) is 7.13. The van der Waals surface area contributed by atoms with Gasteiger partial charge in [0.05, 0.1) is 5.92 Å². The number of rotatable bonds is 7. The van der Waals surface area contributed by atoms with E-state index >= 15 is 0 Å². The Morgan fingerprint density at radius 3 is 2.00 bits per heavy atom. The smallest absolute Gasteiger partial charge is 0.170 e. The minimum absolute atomic E-state index is 0.0521. The fourth-order valence-electron chi connectivity index (χ4n) is 2.33. The van der Waals surface area contributed by atoms with Crippen molar-refractivity contribution in [2.45, 2.75) is 12.2 Å². The van der Waals surface area contributed by atoms with Crippen LogP contribution in [-0.4, -0.2) is 26.3 Å². The molecule has 22 heavy (non-hydrogen) atoms. The minimum Gasteiger partial charge on any atom is -0.355 e. The van der Waals surface area contributed by atoms with E-state index in [0.717, 1.165) is 11.1 Å². The van der Waals surface area contributed by atoms with Crippen LogP contribution in [0.5, 0.6) is 0 Å². The fraction of sp³-hybridized carbons (Fsp3) is 0.211. The Morgan fingerprint density at radius 2 is 1.45 bits per heavy atom. The molecular formula is C19H20O3. The largest absolute Gasteiger partial charge is 0.355 e. The number of allylic oxidation sites excluding steroid dienone is 1. The van der Waals surface area contributed by atoms with Crippen LogP contribution in [0, 0.1) is 0 Å². The summed E-state index contributed by atoms with van der Waals surface area (Å²) < 4.78 is 10.6. The number of methoxy groups -OCH3 is 2. The molecular weight excluding hydrogens is 276 g/mol. The van der Waals surface area contributed by atoms with E-state index in [4.69, 9.17) is 9.47 Å². The summed E-state index contributed by atoms with van der Waals surface area (Å²) in [7, 11) is 3.08. The highest BCUT2D eigenvalue weighted by Gasteiger charge is 2.28. The first-order chi connectivity index (χ1) is 10.8. The number of carbonyl (C=O) groups excluding carboxylic acids is 1. The molecule has 0 spiro atoms. The second kappa shape index (κ2) is 8.27. The Labute approximate surface area is 131 Å². The normalized spacial score (nSPS) is 12.7. The van der Waals surface area contributed by atoms with Gasteiger partial charge in [-0.25, -0.2) is 0 Å². The van der Waals surface area contributed by atoms with Crippen LogP contribution in [0.1, 0.15) is 17.0 Å². The van der Waals surface area contributed by atoms with Crippen molar-refractivity contribution in [2.24, 2.45) is 0 Å². The molecule has 1 unspecified atom stereocenters. The lowest BCUT2D eigenvalue weighted by atomic mass is 9.93. The zero-order chi connectivity index (χ0) is 15.8. The van der Waals surface area contributed by atoms with Gasteiger partial charge in [0, 0.05) is 14.2 Å². The average Bonchev–Trinajstić information content (AvgIpc) is 2.59. The average molecular weight is 296 g/mol. The summed E-state index contributed by atoms with van der Waals surface area (Å²) in [6.45, 7) is 0. The molecule has 0 amide bonds. The number of hydrogen-bond donors (Lipinski definition) is 0. The molecule has 0 aliphatic rings. The van der Waals surface area contributed by atoms with Gasteiger partial charge < -0.3 is 9.47 Å². The summed E-state index contributed by atoms with van der Waals surface area (Å²) in [5, 5.41) is 0. The topological polar surface area (TPSA) is 35.5 Å². The van der Waals surface area contributed by atoms with E-state index in [-0.39, 0.29) is 5.78 Å². The fourth-order valence-corrected chi connectivity index (χ4v) is 2.33. The molecule has 3 heteroatoms. The lowest BCUT2D eigenvalue weighted by molar-refractivity contribution is -0.140. The van der Waals surface area contributed by atoms with Gasteiger partial charge in [-0.15, -0.1) is 0 Å². The highest BCUT2D eigenvalue weighted by atomic mass is 16.7. The van der Waals surface area contributed by atoms with Crippen molar-refractivity contribution in [3.63, 3.8) is 0 Å². The molecule has 0 aliphatic heterocycles. The van der Waals surface area contributed by atoms with Gasteiger partial charge >= 0.3 is 0 Å². The Hall–Kier alpha value is -2.23. The highest BCUT2D eigenvalue weighted by molar-refractivity contribution is 5.98. The number of ketones is 1. The maximum atomic E-state index is 12.6. The van der Waals surface area contributed by atoms with Crippen molar-refractivity contribution < 1.29 is 14.3 Å². The number of ether oxygens (including phenoxy) is 2. The summed E-state index contributed by atoms with van der Waals surface area (Å²) in [5.41, 5.74) is 1.85. The zero-order valence-corrected chi connectivity index (χ0v) is 12.8. The Balaban J connectivity index is 2.25. The van der Waals surface area contributed by atoms with E-state index in [0.29, 0.717) is 0 Å². The molecule has 0 aromatic heterocycles. The van der Waals surface area contributed by atoms with Gasteiger partial charge in [0.1, 0.15) is 0 Å². The van der Waals surface area contributed by atoms with E-state index < -0.39 is 12.2 Å². The van der Waals surface area contributed by atoms with E-state index in [1.54, 1.807) is 12.2 Å². The van der Waals surface area contributed by atoms with Crippen molar-refractivity contribution in [1.82, 2.24) is 0 Å². The first-order valence-corrected chi connectivity index (χ1v) is 7.13. The van der Waals surface area contributed by atoms with Crippen molar-refractivity contribution >= 4 is 11.9 Å². The Bertz CT molecular complexity index is 601. The number of hydrogen-bond acceptors (Lipinski definition) is 3. The van der Waals surface area contributed by atoms with Gasteiger partial charge in [-0.1, -0.05) is 66.7 Å². The third-order valence-electron chi connectivity index (χ3n) is 3.44. The minimum atomic E-state index is -0.615. The van der Waals surface area contributed by atoms with Crippen LogP contribution in [0.25, 0.3) is 6.08 Å². The second-order valence-corrected chi connectivity index (χ2v) is 4.87. The van der Waals surface area contributed by atoms with Crippen LogP contribution in [0.15, 0.2) is 66.7 Å². The maximum absolute atomic E-state index is 12.6. The van der Waals surface area contributed by atoms with Crippen molar-refractivity contribution in [3.8, 4) is 0 Å². The number of carbonyl (C=O) groups is 1. The van der Waals surface area contributed by atoms with Crippen molar-refractivity contribution in [1.29, 1.82) is 0 Å². The van der Waals surface area contributed by atoms with Crippen molar-refractivity contribution in [2.75, 3.05) is 14.2 Å². The maximum Gasteiger partial charge on any atom is 0.170 e. The zero-order valence-electron chi connectivity index (χ0n) is 12.8.